The van der Waals surface area contributed by atoms with Gasteiger partial charge in [0.05, 0.1) is 6.61 Å². The van der Waals surface area contributed by atoms with Gasteiger partial charge in [-0.2, -0.15) is 0 Å². The molecule has 0 aromatic heterocycles. The van der Waals surface area contributed by atoms with Gasteiger partial charge >= 0.3 is 6.09 Å². The van der Waals surface area contributed by atoms with Crippen molar-refractivity contribution in [2.24, 2.45) is 5.41 Å². The number of ether oxygens (including phenoxy) is 1. The molecule has 1 saturated heterocycles. The van der Waals surface area contributed by atoms with Gasteiger partial charge in [-0.25, -0.2) is 4.79 Å². The smallest absolute Gasteiger partial charge is 0.409 e. The molecule has 7 nitrogen and oxygen atoms in total. The average Bonchev–Trinajstić information content (AvgIpc) is 3.27. The van der Waals surface area contributed by atoms with Crippen molar-refractivity contribution >= 4 is 17.9 Å². The molecule has 0 aromatic carbocycles. The van der Waals surface area contributed by atoms with Crippen LogP contribution in [0.2, 0.25) is 0 Å². The van der Waals surface area contributed by atoms with Gasteiger partial charge in [0.1, 0.15) is 5.41 Å². The average molecular weight is 325 g/mol. The highest BCUT2D eigenvalue weighted by atomic mass is 16.6. The normalized spacial score (nSPS) is 20.0. The van der Waals surface area contributed by atoms with Crippen LogP contribution in [-0.2, 0) is 14.3 Å². The number of hydrogen-bond donors (Lipinski definition) is 1. The first-order valence-corrected chi connectivity index (χ1v) is 8.23. The highest BCUT2D eigenvalue weighted by Crippen LogP contribution is 2.48. The highest BCUT2D eigenvalue weighted by molar-refractivity contribution is 6.08. The lowest BCUT2D eigenvalue weighted by molar-refractivity contribution is -0.146. The maximum Gasteiger partial charge on any atom is 0.409 e. The van der Waals surface area contributed by atoms with Crippen LogP contribution in [-0.4, -0.2) is 66.0 Å². The van der Waals surface area contributed by atoms with Crippen LogP contribution in [0.5, 0.6) is 0 Å². The quantitative estimate of drug-likeness (QED) is 0.785. The maximum atomic E-state index is 12.7. The summed E-state index contributed by atoms with van der Waals surface area (Å²) in [7, 11) is 0. The fourth-order valence-corrected chi connectivity index (χ4v) is 2.73. The Morgan fingerprint density at radius 3 is 2.00 bits per heavy atom. The number of nitrogens with one attached hydrogen (secondary N) is 1. The summed E-state index contributed by atoms with van der Waals surface area (Å²) >= 11 is 0. The Balaban J connectivity index is 1.92. The molecule has 130 valence electrons. The van der Waals surface area contributed by atoms with Crippen molar-refractivity contribution < 1.29 is 19.1 Å². The van der Waals surface area contributed by atoms with Crippen LogP contribution >= 0.6 is 0 Å². The van der Waals surface area contributed by atoms with E-state index < -0.39 is 5.41 Å². The van der Waals surface area contributed by atoms with E-state index in [2.05, 4.69) is 5.32 Å². The number of carbonyl (C=O) groups is 3. The maximum absolute atomic E-state index is 12.7. The number of carbonyl (C=O) groups excluding carboxylic acids is 3. The molecule has 2 rings (SSSR count). The van der Waals surface area contributed by atoms with Crippen LogP contribution in [0.1, 0.15) is 40.5 Å². The Morgan fingerprint density at radius 1 is 1.04 bits per heavy atom. The van der Waals surface area contributed by atoms with Gasteiger partial charge in [-0.15, -0.1) is 0 Å². The molecule has 7 heteroatoms. The van der Waals surface area contributed by atoms with E-state index in [1.54, 1.807) is 16.7 Å². The summed E-state index contributed by atoms with van der Waals surface area (Å²) in [5.41, 5.74) is -1.24. The fraction of sp³-hybridized carbons (Fsp3) is 0.812. The Bertz CT molecular complexity index is 486. The van der Waals surface area contributed by atoms with Crippen LogP contribution in [0.3, 0.4) is 0 Å². The van der Waals surface area contributed by atoms with Crippen molar-refractivity contribution in [2.75, 3.05) is 32.8 Å². The minimum Gasteiger partial charge on any atom is -0.450 e. The fourth-order valence-electron chi connectivity index (χ4n) is 2.73. The van der Waals surface area contributed by atoms with Crippen LogP contribution in [0.25, 0.3) is 0 Å². The summed E-state index contributed by atoms with van der Waals surface area (Å²) in [5.74, 6) is -0.286. The van der Waals surface area contributed by atoms with Gasteiger partial charge in [-0.3, -0.25) is 9.59 Å². The second kappa shape index (κ2) is 6.37. The lowest BCUT2D eigenvalue weighted by Gasteiger charge is -2.36. The second-order valence-electron chi connectivity index (χ2n) is 7.26. The number of piperazine rings is 1. The molecule has 1 aliphatic carbocycles. The summed E-state index contributed by atoms with van der Waals surface area (Å²) < 4.78 is 4.97. The topological polar surface area (TPSA) is 79.0 Å². The Morgan fingerprint density at radius 2 is 1.57 bits per heavy atom. The third-order valence-electron chi connectivity index (χ3n) is 4.18. The predicted octanol–water partition coefficient (Wildman–Crippen LogP) is 0.982. The first-order chi connectivity index (χ1) is 10.7. The van der Waals surface area contributed by atoms with Gasteiger partial charge in [0.15, 0.2) is 0 Å². The van der Waals surface area contributed by atoms with E-state index in [-0.39, 0.29) is 23.4 Å². The highest BCUT2D eigenvalue weighted by Gasteiger charge is 2.58. The largest absolute Gasteiger partial charge is 0.450 e. The Hall–Kier alpha value is -1.79. The molecule has 0 unspecified atom stereocenters. The first kappa shape index (κ1) is 17.6. The van der Waals surface area contributed by atoms with Crippen LogP contribution in [0.15, 0.2) is 0 Å². The lowest BCUT2D eigenvalue weighted by atomic mass is 10.0. The van der Waals surface area contributed by atoms with Crippen molar-refractivity contribution in [3.8, 4) is 0 Å². The Kier molecular flexibility index (Phi) is 4.87. The molecule has 2 fully saturated rings. The molecule has 0 bridgehead atoms. The Labute approximate surface area is 137 Å². The van der Waals surface area contributed by atoms with Crippen molar-refractivity contribution in [2.45, 2.75) is 46.1 Å². The van der Waals surface area contributed by atoms with E-state index in [1.807, 2.05) is 20.8 Å². The zero-order valence-corrected chi connectivity index (χ0v) is 14.5. The summed E-state index contributed by atoms with van der Waals surface area (Å²) in [4.78, 5) is 40.2. The van der Waals surface area contributed by atoms with Gasteiger partial charge in [-0.05, 0) is 40.5 Å². The summed E-state index contributed by atoms with van der Waals surface area (Å²) in [6, 6.07) is 0. The SMILES string of the molecule is CCOC(=O)N1CCN(C(=O)C2(C(=O)NC(C)(C)C)CC2)CC1. The summed E-state index contributed by atoms with van der Waals surface area (Å²) in [5, 5.41) is 2.91. The van der Waals surface area contributed by atoms with Crippen molar-refractivity contribution in [1.82, 2.24) is 15.1 Å². The van der Waals surface area contributed by atoms with Crippen LogP contribution in [0.4, 0.5) is 4.79 Å². The molecular formula is C16H27N3O4. The third-order valence-corrected chi connectivity index (χ3v) is 4.18. The van der Waals surface area contributed by atoms with Crippen LogP contribution in [0, 0.1) is 5.41 Å². The van der Waals surface area contributed by atoms with E-state index in [4.69, 9.17) is 4.74 Å². The molecule has 0 radical (unpaired) electrons. The second-order valence-corrected chi connectivity index (χ2v) is 7.26. The van der Waals surface area contributed by atoms with Gasteiger partial charge in [-0.1, -0.05) is 0 Å². The molecule has 1 aliphatic heterocycles. The van der Waals surface area contributed by atoms with E-state index in [0.717, 1.165) is 0 Å². The van der Waals surface area contributed by atoms with E-state index in [0.29, 0.717) is 45.6 Å². The molecule has 1 heterocycles. The number of hydrogen-bond acceptors (Lipinski definition) is 4. The molecule has 3 amide bonds. The van der Waals surface area contributed by atoms with Crippen molar-refractivity contribution in [1.29, 1.82) is 0 Å². The number of rotatable bonds is 3. The molecule has 0 spiro atoms. The van der Waals surface area contributed by atoms with E-state index >= 15 is 0 Å². The zero-order chi connectivity index (χ0) is 17.3. The van der Waals surface area contributed by atoms with Crippen LogP contribution < -0.4 is 5.32 Å². The minimum atomic E-state index is -0.890. The standard InChI is InChI=1S/C16H27N3O4/c1-5-23-14(22)19-10-8-18(9-11-19)13(21)16(6-7-16)12(20)17-15(2,3)4/h5-11H2,1-4H3,(H,17,20). The lowest BCUT2D eigenvalue weighted by Crippen LogP contribution is -2.55. The van der Waals surface area contributed by atoms with Gasteiger partial charge in [0, 0.05) is 31.7 Å². The summed E-state index contributed by atoms with van der Waals surface area (Å²) in [6.45, 7) is 9.61. The van der Waals surface area contributed by atoms with Gasteiger partial charge in [0.25, 0.3) is 0 Å². The number of nitrogens with zero attached hydrogens (tertiary/aromatic N) is 2. The minimum absolute atomic E-state index is 0.109. The first-order valence-electron chi connectivity index (χ1n) is 8.23. The van der Waals surface area contributed by atoms with Gasteiger partial charge in [0.2, 0.25) is 11.8 Å². The number of amides is 3. The zero-order valence-electron chi connectivity index (χ0n) is 14.5. The molecular weight excluding hydrogens is 298 g/mol. The molecule has 23 heavy (non-hydrogen) atoms. The molecule has 2 aliphatic rings. The summed E-state index contributed by atoms with van der Waals surface area (Å²) in [6.07, 6.45) is 0.865. The predicted molar refractivity (Wildman–Crippen MR) is 84.7 cm³/mol. The van der Waals surface area contributed by atoms with Crippen molar-refractivity contribution in [3.05, 3.63) is 0 Å². The van der Waals surface area contributed by atoms with Crippen molar-refractivity contribution in [3.63, 3.8) is 0 Å². The monoisotopic (exact) mass is 325 g/mol. The van der Waals surface area contributed by atoms with E-state index in [1.165, 1.54) is 0 Å². The van der Waals surface area contributed by atoms with Gasteiger partial charge < -0.3 is 19.9 Å². The molecule has 0 aromatic rings. The molecule has 0 atom stereocenters. The molecule has 1 saturated carbocycles. The molecule has 1 N–H and O–H groups in total. The third kappa shape index (κ3) is 3.95. The van der Waals surface area contributed by atoms with E-state index in [9.17, 15) is 14.4 Å².